The molecule has 1 aromatic carbocycles. The molecule has 3 N–H and O–H groups in total. The van der Waals surface area contributed by atoms with E-state index in [9.17, 15) is 10.2 Å². The summed E-state index contributed by atoms with van der Waals surface area (Å²) in [5.74, 6) is 2.31. The third-order valence-electron chi connectivity index (χ3n) is 1.95. The van der Waals surface area contributed by atoms with Gasteiger partial charge in [0, 0.05) is 12.1 Å². The third kappa shape index (κ3) is 2.41. The van der Waals surface area contributed by atoms with Crippen LogP contribution in [0.2, 0.25) is 0 Å². The van der Waals surface area contributed by atoms with Crippen LogP contribution in [0.1, 0.15) is 12.5 Å². The smallest absolute Gasteiger partial charge is 0.161 e. The van der Waals surface area contributed by atoms with Crippen LogP contribution in [-0.4, -0.2) is 16.3 Å². The van der Waals surface area contributed by atoms with Crippen LogP contribution < -0.4 is 5.32 Å². The Bertz CT molecular complexity index is 355. The number of phenolic OH excluding ortho intramolecular Hbond substituents is 2. The number of nitrogens with one attached hydrogen (secondary N) is 1. The maximum absolute atomic E-state index is 9.44. The fourth-order valence-corrected chi connectivity index (χ4v) is 1.04. The van der Waals surface area contributed by atoms with E-state index in [0.29, 0.717) is 12.1 Å². The molecule has 1 aromatic rings. The molecule has 3 heteroatoms. The minimum atomic E-state index is -0.113. The first-order chi connectivity index (χ1) is 6.65. The molecule has 0 aliphatic carbocycles. The van der Waals surface area contributed by atoms with Crippen LogP contribution in [0.3, 0.4) is 0 Å². The molecule has 0 aliphatic heterocycles. The normalized spacial score (nSPS) is 12.0. The van der Waals surface area contributed by atoms with E-state index in [2.05, 4.69) is 11.2 Å². The van der Waals surface area contributed by atoms with E-state index < -0.39 is 0 Å². The fourth-order valence-electron chi connectivity index (χ4n) is 1.04. The van der Waals surface area contributed by atoms with E-state index in [0.717, 1.165) is 0 Å². The van der Waals surface area contributed by atoms with Gasteiger partial charge < -0.3 is 10.2 Å². The van der Waals surface area contributed by atoms with Crippen LogP contribution in [0.4, 0.5) is 0 Å². The van der Waals surface area contributed by atoms with Gasteiger partial charge in [-0.15, -0.1) is 6.42 Å². The molecular weight excluding hydrogens is 178 g/mol. The van der Waals surface area contributed by atoms with Crippen molar-refractivity contribution in [1.29, 1.82) is 0 Å². The van der Waals surface area contributed by atoms with E-state index in [1.54, 1.807) is 12.1 Å². The molecule has 0 saturated heterocycles. The SMILES string of the molecule is C#CC(C)NCc1cccc(O)c1O. The highest BCUT2D eigenvalue weighted by Gasteiger charge is 2.05. The lowest BCUT2D eigenvalue weighted by Gasteiger charge is -2.09. The van der Waals surface area contributed by atoms with E-state index in [4.69, 9.17) is 6.42 Å². The lowest BCUT2D eigenvalue weighted by atomic mass is 10.2. The molecule has 0 aromatic heterocycles. The molecule has 1 rings (SSSR count). The minimum Gasteiger partial charge on any atom is -0.504 e. The predicted octanol–water partition coefficient (Wildman–Crippen LogP) is 1.21. The van der Waals surface area contributed by atoms with E-state index in [-0.39, 0.29) is 17.5 Å². The molecule has 74 valence electrons. The second-order valence-corrected chi connectivity index (χ2v) is 3.05. The quantitative estimate of drug-likeness (QED) is 0.497. The highest BCUT2D eigenvalue weighted by molar-refractivity contribution is 5.44. The Morgan fingerprint density at radius 3 is 2.86 bits per heavy atom. The van der Waals surface area contributed by atoms with Crippen LogP contribution in [0.25, 0.3) is 0 Å². The first kappa shape index (κ1) is 10.4. The first-order valence-corrected chi connectivity index (χ1v) is 4.34. The lowest BCUT2D eigenvalue weighted by molar-refractivity contribution is 0.397. The van der Waals surface area contributed by atoms with Gasteiger partial charge in [-0.3, -0.25) is 5.32 Å². The molecule has 0 radical (unpaired) electrons. The Hall–Kier alpha value is -1.66. The maximum atomic E-state index is 9.44. The van der Waals surface area contributed by atoms with Crippen molar-refractivity contribution in [3.63, 3.8) is 0 Å². The predicted molar refractivity (Wildman–Crippen MR) is 54.9 cm³/mol. The molecule has 3 nitrogen and oxygen atoms in total. The van der Waals surface area contributed by atoms with Crippen molar-refractivity contribution in [2.75, 3.05) is 0 Å². The summed E-state index contributed by atoms with van der Waals surface area (Å²) in [7, 11) is 0. The zero-order chi connectivity index (χ0) is 10.6. The summed E-state index contributed by atoms with van der Waals surface area (Å²) in [4.78, 5) is 0. The third-order valence-corrected chi connectivity index (χ3v) is 1.95. The summed E-state index contributed by atoms with van der Waals surface area (Å²) in [6, 6.07) is 4.78. The number of rotatable bonds is 3. The van der Waals surface area contributed by atoms with Gasteiger partial charge in [0.2, 0.25) is 0 Å². The monoisotopic (exact) mass is 191 g/mol. The van der Waals surface area contributed by atoms with Gasteiger partial charge in [0.25, 0.3) is 0 Å². The fraction of sp³-hybridized carbons (Fsp3) is 0.273. The summed E-state index contributed by atoms with van der Waals surface area (Å²) >= 11 is 0. The van der Waals surface area contributed by atoms with Gasteiger partial charge in [-0.2, -0.15) is 0 Å². The second-order valence-electron chi connectivity index (χ2n) is 3.05. The highest BCUT2D eigenvalue weighted by atomic mass is 16.3. The van der Waals surface area contributed by atoms with Gasteiger partial charge in [0.15, 0.2) is 11.5 Å². The van der Waals surface area contributed by atoms with Crippen LogP contribution in [0.15, 0.2) is 18.2 Å². The Morgan fingerprint density at radius 1 is 1.50 bits per heavy atom. The molecular formula is C11H13NO2. The van der Waals surface area contributed by atoms with Crippen molar-refractivity contribution < 1.29 is 10.2 Å². The van der Waals surface area contributed by atoms with Gasteiger partial charge in [0.05, 0.1) is 6.04 Å². The number of para-hydroxylation sites is 1. The van der Waals surface area contributed by atoms with Crippen LogP contribution in [-0.2, 0) is 6.54 Å². The van der Waals surface area contributed by atoms with Gasteiger partial charge in [-0.05, 0) is 13.0 Å². The van der Waals surface area contributed by atoms with Crippen LogP contribution in [0, 0.1) is 12.3 Å². The van der Waals surface area contributed by atoms with Crippen molar-refractivity contribution in [2.24, 2.45) is 0 Å². The van der Waals surface area contributed by atoms with E-state index >= 15 is 0 Å². The summed E-state index contributed by atoms with van der Waals surface area (Å²) < 4.78 is 0. The molecule has 0 heterocycles. The topological polar surface area (TPSA) is 52.5 Å². The average Bonchev–Trinajstić information content (AvgIpc) is 2.20. The molecule has 0 fully saturated rings. The number of benzene rings is 1. The Labute approximate surface area is 83.4 Å². The number of hydrogen-bond acceptors (Lipinski definition) is 3. The summed E-state index contributed by atoms with van der Waals surface area (Å²) in [5.41, 5.74) is 0.632. The molecule has 0 saturated carbocycles. The maximum Gasteiger partial charge on any atom is 0.161 e. The summed E-state index contributed by atoms with van der Waals surface area (Å²) in [6.07, 6.45) is 5.18. The van der Waals surface area contributed by atoms with Crippen molar-refractivity contribution in [2.45, 2.75) is 19.5 Å². The van der Waals surface area contributed by atoms with E-state index in [1.165, 1.54) is 6.07 Å². The Kier molecular flexibility index (Phi) is 3.38. The second kappa shape index (κ2) is 4.54. The van der Waals surface area contributed by atoms with Gasteiger partial charge in [-0.1, -0.05) is 18.1 Å². The number of aromatic hydroxyl groups is 2. The Morgan fingerprint density at radius 2 is 2.21 bits per heavy atom. The molecule has 14 heavy (non-hydrogen) atoms. The molecule has 0 amide bonds. The average molecular weight is 191 g/mol. The van der Waals surface area contributed by atoms with Crippen molar-refractivity contribution in [3.05, 3.63) is 23.8 Å². The minimum absolute atomic E-state index is 0.0586. The lowest BCUT2D eigenvalue weighted by Crippen LogP contribution is -2.23. The van der Waals surface area contributed by atoms with Gasteiger partial charge in [-0.25, -0.2) is 0 Å². The summed E-state index contributed by atoms with van der Waals surface area (Å²) in [6.45, 7) is 2.28. The van der Waals surface area contributed by atoms with Crippen LogP contribution >= 0.6 is 0 Å². The van der Waals surface area contributed by atoms with Crippen LogP contribution in [0.5, 0.6) is 11.5 Å². The molecule has 1 atom stereocenters. The van der Waals surface area contributed by atoms with E-state index in [1.807, 2.05) is 6.92 Å². The van der Waals surface area contributed by atoms with Gasteiger partial charge >= 0.3 is 0 Å². The largest absolute Gasteiger partial charge is 0.504 e. The molecule has 1 unspecified atom stereocenters. The van der Waals surface area contributed by atoms with Gasteiger partial charge in [0.1, 0.15) is 0 Å². The van der Waals surface area contributed by atoms with Crippen molar-refractivity contribution >= 4 is 0 Å². The van der Waals surface area contributed by atoms with Crippen molar-refractivity contribution in [1.82, 2.24) is 5.32 Å². The zero-order valence-electron chi connectivity index (χ0n) is 7.99. The zero-order valence-corrected chi connectivity index (χ0v) is 7.99. The molecule has 0 bridgehead atoms. The standard InChI is InChI=1S/C11H13NO2/c1-3-8(2)12-7-9-5-4-6-10(13)11(9)14/h1,4-6,8,12-14H,7H2,2H3. The number of terminal acetylenes is 1. The number of phenols is 2. The molecule has 0 aliphatic rings. The molecule has 0 spiro atoms. The summed E-state index contributed by atoms with van der Waals surface area (Å²) in [5, 5.41) is 21.7. The highest BCUT2D eigenvalue weighted by Crippen LogP contribution is 2.27. The Balaban J connectivity index is 2.69. The first-order valence-electron chi connectivity index (χ1n) is 4.34. The number of hydrogen-bond donors (Lipinski definition) is 3. The van der Waals surface area contributed by atoms with Crippen molar-refractivity contribution in [3.8, 4) is 23.8 Å².